The smallest absolute Gasteiger partial charge is 0.230 e. The normalized spacial score (nSPS) is 22.8. The van der Waals surface area contributed by atoms with Crippen molar-refractivity contribution in [3.05, 3.63) is 46.1 Å². The standard InChI is InChI=1S/C20H26N4OS/c1-12-6-5-7-16(9-12)17(23-10-13(2)8-14(3)11-23)18-19(25)24-20(26-18)21-15(4)22-24/h5-7,9,13-14,17,25H,8,10-11H2,1-4H3/t13-,14+,17-/m0/s1. The second-order valence-electron chi connectivity index (χ2n) is 7.86. The van der Waals surface area contributed by atoms with Gasteiger partial charge in [0.2, 0.25) is 10.8 Å². The number of benzene rings is 1. The first-order valence-corrected chi connectivity index (χ1v) is 10.1. The van der Waals surface area contributed by atoms with Crippen LogP contribution in [-0.2, 0) is 0 Å². The van der Waals surface area contributed by atoms with E-state index in [0.717, 1.165) is 22.9 Å². The van der Waals surface area contributed by atoms with Crippen LogP contribution in [0.3, 0.4) is 0 Å². The highest BCUT2D eigenvalue weighted by atomic mass is 32.1. The first-order chi connectivity index (χ1) is 12.4. The van der Waals surface area contributed by atoms with E-state index in [1.165, 1.54) is 17.5 Å². The summed E-state index contributed by atoms with van der Waals surface area (Å²) < 4.78 is 1.58. The van der Waals surface area contributed by atoms with Crippen molar-refractivity contribution in [2.24, 2.45) is 11.8 Å². The highest BCUT2D eigenvalue weighted by Crippen LogP contribution is 2.42. The van der Waals surface area contributed by atoms with Crippen LogP contribution in [0.4, 0.5) is 0 Å². The fourth-order valence-corrected chi connectivity index (χ4v) is 5.48. The van der Waals surface area contributed by atoms with Crippen LogP contribution in [0.25, 0.3) is 4.96 Å². The first kappa shape index (κ1) is 17.5. The zero-order valence-electron chi connectivity index (χ0n) is 15.8. The summed E-state index contributed by atoms with van der Waals surface area (Å²) in [6, 6.07) is 8.66. The summed E-state index contributed by atoms with van der Waals surface area (Å²) in [5.74, 6) is 2.21. The Morgan fingerprint density at radius 1 is 1.19 bits per heavy atom. The van der Waals surface area contributed by atoms with Gasteiger partial charge in [0.1, 0.15) is 5.82 Å². The average molecular weight is 371 g/mol. The average Bonchev–Trinajstić information content (AvgIpc) is 3.05. The van der Waals surface area contributed by atoms with E-state index in [4.69, 9.17) is 0 Å². The molecule has 1 saturated heterocycles. The van der Waals surface area contributed by atoms with E-state index in [1.807, 2.05) is 6.92 Å². The number of hydrogen-bond acceptors (Lipinski definition) is 5. The van der Waals surface area contributed by atoms with Gasteiger partial charge in [-0.3, -0.25) is 4.90 Å². The Hall–Kier alpha value is -1.92. The molecule has 0 bridgehead atoms. The molecule has 0 amide bonds. The third-order valence-corrected chi connectivity index (χ3v) is 6.25. The number of thiazole rings is 1. The van der Waals surface area contributed by atoms with Crippen LogP contribution < -0.4 is 0 Å². The molecule has 1 aromatic carbocycles. The lowest BCUT2D eigenvalue weighted by molar-refractivity contribution is 0.112. The van der Waals surface area contributed by atoms with Crippen molar-refractivity contribution in [3.8, 4) is 5.88 Å². The fraction of sp³-hybridized carbons (Fsp3) is 0.500. The quantitative estimate of drug-likeness (QED) is 0.751. The number of rotatable bonds is 3. The van der Waals surface area contributed by atoms with E-state index in [0.29, 0.717) is 17.7 Å². The van der Waals surface area contributed by atoms with Crippen LogP contribution in [0.2, 0.25) is 0 Å². The number of fused-ring (bicyclic) bond motifs is 1. The summed E-state index contributed by atoms with van der Waals surface area (Å²) in [5.41, 5.74) is 2.46. The lowest BCUT2D eigenvalue weighted by Crippen LogP contribution is -2.41. The van der Waals surface area contributed by atoms with Crippen LogP contribution >= 0.6 is 11.3 Å². The van der Waals surface area contributed by atoms with Crippen LogP contribution in [0, 0.1) is 25.7 Å². The van der Waals surface area contributed by atoms with E-state index < -0.39 is 0 Å². The molecule has 138 valence electrons. The molecular weight excluding hydrogens is 344 g/mol. The number of nitrogens with zero attached hydrogens (tertiary/aromatic N) is 4. The lowest BCUT2D eigenvalue weighted by Gasteiger charge is -2.40. The predicted molar refractivity (Wildman–Crippen MR) is 105 cm³/mol. The Labute approximate surface area is 158 Å². The van der Waals surface area contributed by atoms with Crippen molar-refractivity contribution in [3.63, 3.8) is 0 Å². The third-order valence-electron chi connectivity index (χ3n) is 5.17. The monoisotopic (exact) mass is 370 g/mol. The molecular formula is C20H26N4OS. The molecule has 1 aliphatic heterocycles. The van der Waals surface area contributed by atoms with Crippen LogP contribution in [0.15, 0.2) is 24.3 Å². The van der Waals surface area contributed by atoms with Crippen molar-refractivity contribution in [1.82, 2.24) is 19.5 Å². The van der Waals surface area contributed by atoms with Crippen LogP contribution in [0.5, 0.6) is 5.88 Å². The van der Waals surface area contributed by atoms with Gasteiger partial charge in [-0.2, -0.15) is 4.52 Å². The van der Waals surface area contributed by atoms with Gasteiger partial charge in [0, 0.05) is 13.1 Å². The van der Waals surface area contributed by atoms with Crippen molar-refractivity contribution in [2.45, 2.75) is 40.2 Å². The van der Waals surface area contributed by atoms with Gasteiger partial charge in [0.15, 0.2) is 0 Å². The van der Waals surface area contributed by atoms with Crippen molar-refractivity contribution < 1.29 is 5.11 Å². The maximum absolute atomic E-state index is 10.9. The summed E-state index contributed by atoms with van der Waals surface area (Å²) in [6.45, 7) is 10.7. The van der Waals surface area contributed by atoms with Gasteiger partial charge in [-0.15, -0.1) is 5.10 Å². The zero-order chi connectivity index (χ0) is 18.4. The maximum Gasteiger partial charge on any atom is 0.230 e. The van der Waals surface area contributed by atoms with E-state index in [-0.39, 0.29) is 11.9 Å². The Kier molecular flexibility index (Phi) is 4.49. The molecule has 6 heteroatoms. The van der Waals surface area contributed by atoms with Crippen molar-refractivity contribution in [1.29, 1.82) is 0 Å². The van der Waals surface area contributed by atoms with Crippen molar-refractivity contribution in [2.75, 3.05) is 13.1 Å². The van der Waals surface area contributed by atoms with Gasteiger partial charge in [-0.05, 0) is 37.7 Å². The molecule has 0 radical (unpaired) electrons. The molecule has 0 saturated carbocycles. The van der Waals surface area contributed by atoms with Gasteiger partial charge in [-0.1, -0.05) is 55.0 Å². The topological polar surface area (TPSA) is 53.7 Å². The number of hydrogen-bond donors (Lipinski definition) is 1. The molecule has 1 fully saturated rings. The van der Waals surface area contributed by atoms with Gasteiger partial charge >= 0.3 is 0 Å². The summed E-state index contributed by atoms with van der Waals surface area (Å²) in [6.07, 6.45) is 1.26. The molecule has 3 aromatic rings. The minimum absolute atomic E-state index is 0.0360. The SMILES string of the molecule is Cc1cccc([C@@H](c2sc3nc(C)nn3c2O)N2C[C@H](C)C[C@H](C)C2)c1. The second kappa shape index (κ2) is 6.67. The van der Waals surface area contributed by atoms with Crippen LogP contribution in [0.1, 0.15) is 48.1 Å². The van der Waals surface area contributed by atoms with E-state index >= 15 is 0 Å². The fourth-order valence-electron chi connectivity index (χ4n) is 4.32. The Morgan fingerprint density at radius 3 is 2.58 bits per heavy atom. The molecule has 1 aliphatic rings. The van der Waals surface area contributed by atoms with Crippen LogP contribution in [-0.4, -0.2) is 37.7 Å². The Bertz CT molecular complexity index is 921. The number of aromatic hydroxyl groups is 1. The molecule has 3 atom stereocenters. The summed E-state index contributed by atoms with van der Waals surface area (Å²) in [5, 5.41) is 15.3. The minimum atomic E-state index is 0.0360. The summed E-state index contributed by atoms with van der Waals surface area (Å²) >= 11 is 1.55. The molecule has 5 nitrogen and oxygen atoms in total. The zero-order valence-corrected chi connectivity index (χ0v) is 16.6. The molecule has 0 spiro atoms. The van der Waals surface area contributed by atoms with E-state index in [2.05, 4.69) is 60.0 Å². The third kappa shape index (κ3) is 3.12. The molecule has 4 rings (SSSR count). The number of piperidine rings is 1. The largest absolute Gasteiger partial charge is 0.492 e. The highest BCUT2D eigenvalue weighted by molar-refractivity contribution is 7.17. The summed E-state index contributed by atoms with van der Waals surface area (Å²) in [4.78, 5) is 8.67. The predicted octanol–water partition coefficient (Wildman–Crippen LogP) is 4.18. The van der Waals surface area contributed by atoms with Crippen molar-refractivity contribution >= 4 is 16.3 Å². The molecule has 1 N–H and O–H groups in total. The second-order valence-corrected chi connectivity index (χ2v) is 8.87. The maximum atomic E-state index is 10.9. The van der Waals surface area contributed by atoms with Gasteiger partial charge in [0.05, 0.1) is 10.9 Å². The van der Waals surface area contributed by atoms with Gasteiger partial charge in [0.25, 0.3) is 0 Å². The van der Waals surface area contributed by atoms with Gasteiger partial charge < -0.3 is 5.11 Å². The van der Waals surface area contributed by atoms with E-state index in [9.17, 15) is 5.11 Å². The Balaban J connectivity index is 1.84. The molecule has 3 heterocycles. The number of aryl methyl sites for hydroxylation is 2. The van der Waals surface area contributed by atoms with E-state index in [1.54, 1.807) is 15.9 Å². The summed E-state index contributed by atoms with van der Waals surface area (Å²) in [7, 11) is 0. The Morgan fingerprint density at radius 2 is 1.92 bits per heavy atom. The number of likely N-dealkylation sites (tertiary alicyclic amines) is 1. The molecule has 0 aliphatic carbocycles. The molecule has 26 heavy (non-hydrogen) atoms. The first-order valence-electron chi connectivity index (χ1n) is 9.28. The number of aromatic nitrogens is 3. The minimum Gasteiger partial charge on any atom is -0.492 e. The lowest BCUT2D eigenvalue weighted by atomic mass is 9.89. The van der Waals surface area contributed by atoms with Gasteiger partial charge in [-0.25, -0.2) is 4.98 Å². The molecule has 0 unspecified atom stereocenters. The highest BCUT2D eigenvalue weighted by Gasteiger charge is 2.33. The molecule has 2 aromatic heterocycles.